The molecule has 1 atom stereocenters. The quantitative estimate of drug-likeness (QED) is 0.590. The highest BCUT2D eigenvalue weighted by molar-refractivity contribution is 5.81. The molecule has 7 nitrogen and oxygen atoms in total. The lowest BCUT2D eigenvalue weighted by Crippen LogP contribution is -2.52. The van der Waals surface area contributed by atoms with E-state index < -0.39 is 6.10 Å². The van der Waals surface area contributed by atoms with Crippen LogP contribution in [0.5, 0.6) is 11.5 Å². The van der Waals surface area contributed by atoms with Gasteiger partial charge in [0.15, 0.2) is 11.9 Å². The Hall–Kier alpha value is -3.68. The first-order valence-electron chi connectivity index (χ1n) is 10.5. The largest absolute Gasteiger partial charge is 0.497 e. The van der Waals surface area contributed by atoms with E-state index in [0.29, 0.717) is 37.6 Å². The molecule has 1 amide bonds. The molecule has 1 aliphatic heterocycles. The molecule has 0 N–H and O–H groups in total. The highest BCUT2D eigenvalue weighted by Crippen LogP contribution is 2.21. The van der Waals surface area contributed by atoms with E-state index in [1.54, 1.807) is 50.4 Å². The SMILES string of the molecule is COc1ccc(OC(C)C(=O)N2CCN(c3ccc(-c4ccc(F)cc4)nn3)CC2)cc1. The summed E-state index contributed by atoms with van der Waals surface area (Å²) in [6, 6.07) is 17.1. The number of benzene rings is 2. The van der Waals surface area contributed by atoms with Crippen LogP contribution in [0.4, 0.5) is 10.2 Å². The first kappa shape index (κ1) is 21.5. The molecular weight excluding hydrogens is 411 g/mol. The second-order valence-corrected chi connectivity index (χ2v) is 7.53. The minimum absolute atomic E-state index is 0.0433. The molecule has 3 aromatic rings. The van der Waals surface area contributed by atoms with Crippen LogP contribution in [0.3, 0.4) is 0 Å². The molecular formula is C24H25FN4O3. The summed E-state index contributed by atoms with van der Waals surface area (Å²) in [6.07, 6.45) is -0.579. The number of nitrogens with zero attached hydrogens (tertiary/aromatic N) is 4. The van der Waals surface area contributed by atoms with Gasteiger partial charge >= 0.3 is 0 Å². The summed E-state index contributed by atoms with van der Waals surface area (Å²) in [5.74, 6) is 1.79. The van der Waals surface area contributed by atoms with Crippen LogP contribution in [0.1, 0.15) is 6.92 Å². The summed E-state index contributed by atoms with van der Waals surface area (Å²) < 4.78 is 24.0. The zero-order chi connectivity index (χ0) is 22.5. The van der Waals surface area contributed by atoms with Crippen molar-refractivity contribution >= 4 is 11.7 Å². The van der Waals surface area contributed by atoms with Crippen LogP contribution in [-0.2, 0) is 4.79 Å². The van der Waals surface area contributed by atoms with Gasteiger partial charge in [-0.05, 0) is 67.6 Å². The van der Waals surface area contributed by atoms with Gasteiger partial charge in [-0.2, -0.15) is 0 Å². The van der Waals surface area contributed by atoms with Crippen LogP contribution in [0, 0.1) is 5.82 Å². The van der Waals surface area contributed by atoms with Crippen LogP contribution in [0.25, 0.3) is 11.3 Å². The molecule has 0 spiro atoms. The second-order valence-electron chi connectivity index (χ2n) is 7.53. The van der Waals surface area contributed by atoms with Gasteiger partial charge in [0, 0.05) is 31.7 Å². The number of hydrogen-bond donors (Lipinski definition) is 0. The number of piperazine rings is 1. The number of rotatable bonds is 6. The third kappa shape index (κ3) is 4.96. The fraction of sp³-hybridized carbons (Fsp3) is 0.292. The zero-order valence-corrected chi connectivity index (χ0v) is 18.1. The maximum Gasteiger partial charge on any atom is 0.263 e. The summed E-state index contributed by atoms with van der Waals surface area (Å²) in [6.45, 7) is 4.24. The Kier molecular flexibility index (Phi) is 6.49. The zero-order valence-electron chi connectivity index (χ0n) is 18.1. The lowest BCUT2D eigenvalue weighted by atomic mass is 10.1. The Bertz CT molecular complexity index is 1030. The molecule has 166 valence electrons. The second kappa shape index (κ2) is 9.64. The van der Waals surface area contributed by atoms with E-state index in [2.05, 4.69) is 15.1 Å². The van der Waals surface area contributed by atoms with E-state index in [1.807, 2.05) is 17.0 Å². The predicted molar refractivity (Wildman–Crippen MR) is 119 cm³/mol. The van der Waals surface area contributed by atoms with Crippen LogP contribution in [0.15, 0.2) is 60.7 Å². The molecule has 0 saturated carbocycles. The molecule has 1 aliphatic rings. The Morgan fingerprint density at radius 2 is 1.56 bits per heavy atom. The van der Waals surface area contributed by atoms with Crippen molar-refractivity contribution in [3.8, 4) is 22.8 Å². The standard InChI is InChI=1S/C24H25FN4O3/c1-17(32-21-9-7-20(31-2)8-10-21)24(30)29-15-13-28(14-16-29)23-12-11-22(26-27-23)18-3-5-19(25)6-4-18/h3-12,17H,13-16H2,1-2H3. The molecule has 0 radical (unpaired) electrons. The average Bonchev–Trinajstić information content (AvgIpc) is 2.85. The summed E-state index contributed by atoms with van der Waals surface area (Å²) in [4.78, 5) is 16.7. The average molecular weight is 436 g/mol. The number of amides is 1. The number of carbonyl (C=O) groups excluding carboxylic acids is 1. The van der Waals surface area contributed by atoms with Gasteiger partial charge in [-0.1, -0.05) is 0 Å². The number of ether oxygens (including phenoxy) is 2. The number of carbonyl (C=O) groups is 1. The molecule has 1 aromatic heterocycles. The van der Waals surface area contributed by atoms with E-state index in [0.717, 1.165) is 17.1 Å². The van der Waals surface area contributed by atoms with Gasteiger partial charge in [0.2, 0.25) is 0 Å². The molecule has 8 heteroatoms. The van der Waals surface area contributed by atoms with E-state index in [1.165, 1.54) is 12.1 Å². The third-order valence-electron chi connectivity index (χ3n) is 5.43. The molecule has 1 saturated heterocycles. The van der Waals surface area contributed by atoms with Gasteiger partial charge in [-0.15, -0.1) is 10.2 Å². The maximum atomic E-state index is 13.1. The highest BCUT2D eigenvalue weighted by Gasteiger charge is 2.26. The Morgan fingerprint density at radius 3 is 2.16 bits per heavy atom. The Morgan fingerprint density at radius 1 is 0.906 bits per heavy atom. The van der Waals surface area contributed by atoms with Crippen molar-refractivity contribution in [3.05, 3.63) is 66.5 Å². The number of anilines is 1. The molecule has 32 heavy (non-hydrogen) atoms. The number of methoxy groups -OCH3 is 1. The first-order chi connectivity index (χ1) is 15.5. The van der Waals surface area contributed by atoms with Crippen LogP contribution < -0.4 is 14.4 Å². The first-order valence-corrected chi connectivity index (χ1v) is 10.5. The van der Waals surface area contributed by atoms with Crippen molar-refractivity contribution in [1.29, 1.82) is 0 Å². The number of aromatic nitrogens is 2. The summed E-state index contributed by atoms with van der Waals surface area (Å²) in [5, 5.41) is 8.59. The smallest absolute Gasteiger partial charge is 0.263 e. The van der Waals surface area contributed by atoms with Crippen LogP contribution in [-0.4, -0.2) is 60.4 Å². The highest BCUT2D eigenvalue weighted by atomic mass is 19.1. The van der Waals surface area contributed by atoms with E-state index in [4.69, 9.17) is 9.47 Å². The van der Waals surface area contributed by atoms with Gasteiger partial charge in [-0.3, -0.25) is 4.79 Å². The van der Waals surface area contributed by atoms with Gasteiger partial charge in [0.1, 0.15) is 17.3 Å². The molecule has 2 heterocycles. The normalized spacial score (nSPS) is 14.7. The summed E-state index contributed by atoms with van der Waals surface area (Å²) >= 11 is 0. The summed E-state index contributed by atoms with van der Waals surface area (Å²) in [5.41, 5.74) is 1.50. The predicted octanol–water partition coefficient (Wildman–Crippen LogP) is 3.41. The van der Waals surface area contributed by atoms with E-state index >= 15 is 0 Å². The van der Waals surface area contributed by atoms with E-state index in [9.17, 15) is 9.18 Å². The lowest BCUT2D eigenvalue weighted by Gasteiger charge is -2.36. The number of halogens is 1. The molecule has 0 bridgehead atoms. The maximum absolute atomic E-state index is 13.1. The minimum Gasteiger partial charge on any atom is -0.497 e. The van der Waals surface area contributed by atoms with Gasteiger partial charge in [0.05, 0.1) is 12.8 Å². The van der Waals surface area contributed by atoms with Gasteiger partial charge in [-0.25, -0.2) is 4.39 Å². The van der Waals surface area contributed by atoms with Crippen LogP contribution >= 0.6 is 0 Å². The van der Waals surface area contributed by atoms with E-state index in [-0.39, 0.29) is 11.7 Å². The Labute approximate surface area is 186 Å². The Balaban J connectivity index is 1.31. The molecule has 0 aliphatic carbocycles. The fourth-order valence-corrected chi connectivity index (χ4v) is 3.59. The van der Waals surface area contributed by atoms with Crippen molar-refractivity contribution < 1.29 is 18.7 Å². The van der Waals surface area contributed by atoms with Crippen molar-refractivity contribution in [3.63, 3.8) is 0 Å². The number of hydrogen-bond acceptors (Lipinski definition) is 6. The topological polar surface area (TPSA) is 67.8 Å². The summed E-state index contributed by atoms with van der Waals surface area (Å²) in [7, 11) is 1.60. The van der Waals surface area contributed by atoms with Crippen LogP contribution in [0.2, 0.25) is 0 Å². The molecule has 2 aromatic carbocycles. The fourth-order valence-electron chi connectivity index (χ4n) is 3.59. The van der Waals surface area contributed by atoms with Crippen molar-refractivity contribution in [2.75, 3.05) is 38.2 Å². The lowest BCUT2D eigenvalue weighted by molar-refractivity contribution is -0.138. The van der Waals surface area contributed by atoms with Crippen molar-refractivity contribution in [1.82, 2.24) is 15.1 Å². The van der Waals surface area contributed by atoms with Gasteiger partial charge < -0.3 is 19.3 Å². The molecule has 4 rings (SSSR count). The van der Waals surface area contributed by atoms with Gasteiger partial charge in [0.25, 0.3) is 5.91 Å². The monoisotopic (exact) mass is 436 g/mol. The minimum atomic E-state index is -0.579. The third-order valence-corrected chi connectivity index (χ3v) is 5.43. The molecule has 1 fully saturated rings. The molecule has 1 unspecified atom stereocenters. The van der Waals surface area contributed by atoms with Crippen molar-refractivity contribution in [2.24, 2.45) is 0 Å². The van der Waals surface area contributed by atoms with Crippen molar-refractivity contribution in [2.45, 2.75) is 13.0 Å².